The molecular formula is C38H39N3O6. The number of fused-ring (bicyclic) bond motifs is 1. The quantitative estimate of drug-likeness (QED) is 0.142. The number of imidazole rings is 1. The van der Waals surface area contributed by atoms with E-state index in [2.05, 4.69) is 27.9 Å². The molecule has 0 spiro atoms. The molecule has 1 fully saturated rings. The molecular weight excluding hydrogens is 594 g/mol. The van der Waals surface area contributed by atoms with Crippen molar-refractivity contribution in [1.82, 2.24) is 14.9 Å². The lowest BCUT2D eigenvalue weighted by Crippen LogP contribution is -2.39. The maximum atomic E-state index is 12.1. The second-order valence-electron chi connectivity index (χ2n) is 12.1. The Hall–Kier alpha value is -4.83. The van der Waals surface area contributed by atoms with Gasteiger partial charge in [0.1, 0.15) is 0 Å². The monoisotopic (exact) mass is 633 g/mol. The number of rotatable bonds is 12. The standard InChI is InChI=1S/C38H39N3O6/c1-25-34(22-41-24-40-32-8-2-3-9-33(32)41)46-38(47-37(25)29-14-12-26(23-42)13-15-29)30-18-16-28(17-19-30)31-7-4-6-27(20-31)21-39-35(43)10-5-11-36(44)45/h2-4,6-9,12-20,24-25,34,37-38,42H,5,10-11,21-23H2,1H3,(H,39,43)(H,44,45). The zero-order chi connectivity index (χ0) is 32.8. The lowest BCUT2D eigenvalue weighted by Gasteiger charge is -2.41. The highest BCUT2D eigenvalue weighted by molar-refractivity contribution is 5.77. The minimum Gasteiger partial charge on any atom is -0.481 e. The third kappa shape index (κ3) is 7.77. The molecule has 1 amide bonds. The molecule has 2 heterocycles. The normalized spacial score (nSPS) is 19.4. The Labute approximate surface area is 273 Å². The molecule has 47 heavy (non-hydrogen) atoms. The van der Waals surface area contributed by atoms with E-state index in [0.717, 1.165) is 44.4 Å². The van der Waals surface area contributed by atoms with Crippen LogP contribution in [0.3, 0.4) is 0 Å². The van der Waals surface area contributed by atoms with Crippen LogP contribution in [0, 0.1) is 5.92 Å². The van der Waals surface area contributed by atoms with Crippen LogP contribution in [0.25, 0.3) is 22.2 Å². The van der Waals surface area contributed by atoms with Crippen molar-refractivity contribution >= 4 is 22.9 Å². The van der Waals surface area contributed by atoms with Gasteiger partial charge < -0.3 is 29.6 Å². The second kappa shape index (κ2) is 14.7. The van der Waals surface area contributed by atoms with Crippen LogP contribution in [-0.2, 0) is 38.8 Å². The second-order valence-corrected chi connectivity index (χ2v) is 12.1. The Bertz CT molecular complexity index is 1820. The minimum absolute atomic E-state index is 0.0120. The van der Waals surface area contributed by atoms with Crippen LogP contribution in [0.5, 0.6) is 0 Å². The van der Waals surface area contributed by atoms with Gasteiger partial charge in [-0.3, -0.25) is 9.59 Å². The van der Waals surface area contributed by atoms with E-state index < -0.39 is 12.3 Å². The van der Waals surface area contributed by atoms with Gasteiger partial charge in [0.25, 0.3) is 0 Å². The SMILES string of the molecule is CC1C(Cn2cnc3ccccc32)OC(c2ccc(-c3cccc(CNC(=O)CCCC(=O)O)c3)cc2)OC1c1ccc(CO)cc1. The van der Waals surface area contributed by atoms with Crippen molar-refractivity contribution < 1.29 is 29.3 Å². The van der Waals surface area contributed by atoms with Crippen molar-refractivity contribution in [3.8, 4) is 11.1 Å². The minimum atomic E-state index is -0.899. The molecule has 4 unspecified atom stereocenters. The number of carbonyl (C=O) groups excluding carboxylic acids is 1. The third-order valence-corrected chi connectivity index (χ3v) is 8.75. The first-order valence-corrected chi connectivity index (χ1v) is 16.0. The number of nitrogens with one attached hydrogen (secondary N) is 1. The Morgan fingerprint density at radius 2 is 1.62 bits per heavy atom. The number of ether oxygens (including phenoxy) is 2. The number of hydrogen-bond acceptors (Lipinski definition) is 6. The number of hydrogen-bond donors (Lipinski definition) is 3. The van der Waals surface area contributed by atoms with Gasteiger partial charge in [-0.15, -0.1) is 0 Å². The van der Waals surface area contributed by atoms with E-state index in [1.807, 2.05) is 97.3 Å². The molecule has 9 heteroatoms. The number of aromatic nitrogens is 2. The average Bonchev–Trinajstić information content (AvgIpc) is 3.51. The summed E-state index contributed by atoms with van der Waals surface area (Å²) in [4.78, 5) is 27.4. The fraction of sp³-hybridized carbons (Fsp3) is 0.289. The number of nitrogens with zero attached hydrogens (tertiary/aromatic N) is 2. The molecule has 1 aromatic heterocycles. The lowest BCUT2D eigenvalue weighted by molar-refractivity contribution is -0.276. The van der Waals surface area contributed by atoms with E-state index in [1.165, 1.54) is 0 Å². The Balaban J connectivity index is 1.19. The topological polar surface area (TPSA) is 123 Å². The zero-order valence-electron chi connectivity index (χ0n) is 26.3. The van der Waals surface area contributed by atoms with Crippen LogP contribution in [0.2, 0.25) is 0 Å². The highest BCUT2D eigenvalue weighted by Crippen LogP contribution is 2.42. The summed E-state index contributed by atoms with van der Waals surface area (Å²) in [5.74, 6) is -1.03. The number of carboxylic acid groups (broad SMARTS) is 1. The molecule has 0 radical (unpaired) electrons. The molecule has 9 nitrogen and oxygen atoms in total. The van der Waals surface area contributed by atoms with Gasteiger partial charge in [0, 0.05) is 30.9 Å². The van der Waals surface area contributed by atoms with E-state index >= 15 is 0 Å². The Morgan fingerprint density at radius 3 is 2.38 bits per heavy atom. The molecule has 4 atom stereocenters. The first-order chi connectivity index (χ1) is 22.9. The molecule has 242 valence electrons. The number of benzene rings is 4. The molecule has 3 N–H and O–H groups in total. The number of amides is 1. The van der Waals surface area contributed by atoms with Crippen LogP contribution in [0.4, 0.5) is 0 Å². The maximum absolute atomic E-state index is 12.1. The molecule has 6 rings (SSSR count). The molecule has 1 saturated heterocycles. The van der Waals surface area contributed by atoms with Gasteiger partial charge in [-0.25, -0.2) is 4.98 Å². The molecule has 5 aromatic rings. The van der Waals surface area contributed by atoms with Crippen LogP contribution in [-0.4, -0.2) is 37.7 Å². The first kappa shape index (κ1) is 32.1. The van der Waals surface area contributed by atoms with Crippen molar-refractivity contribution in [2.75, 3.05) is 0 Å². The zero-order valence-corrected chi connectivity index (χ0v) is 26.3. The van der Waals surface area contributed by atoms with Gasteiger partial charge in [0.2, 0.25) is 5.91 Å². The lowest BCUT2D eigenvalue weighted by atomic mass is 9.90. The molecule has 0 saturated carbocycles. The fourth-order valence-corrected chi connectivity index (χ4v) is 6.06. The summed E-state index contributed by atoms with van der Waals surface area (Å²) in [6.07, 6.45) is 1.37. The van der Waals surface area contributed by atoms with Crippen molar-refractivity contribution in [2.45, 2.75) is 64.4 Å². The molecule has 1 aliphatic rings. The van der Waals surface area contributed by atoms with Crippen molar-refractivity contribution in [1.29, 1.82) is 0 Å². The number of carboxylic acids is 1. The van der Waals surface area contributed by atoms with Gasteiger partial charge >= 0.3 is 5.97 Å². The summed E-state index contributed by atoms with van der Waals surface area (Å²) < 4.78 is 15.5. The summed E-state index contributed by atoms with van der Waals surface area (Å²) in [6, 6.07) is 32.1. The summed E-state index contributed by atoms with van der Waals surface area (Å²) >= 11 is 0. The van der Waals surface area contributed by atoms with Crippen molar-refractivity contribution in [3.05, 3.63) is 126 Å². The summed E-state index contributed by atoms with van der Waals surface area (Å²) in [6.45, 7) is 3.13. The van der Waals surface area contributed by atoms with Gasteiger partial charge in [-0.1, -0.05) is 85.8 Å². The maximum Gasteiger partial charge on any atom is 0.303 e. The number of para-hydroxylation sites is 2. The molecule has 0 aliphatic carbocycles. The van der Waals surface area contributed by atoms with E-state index in [1.54, 1.807) is 0 Å². The summed E-state index contributed by atoms with van der Waals surface area (Å²) in [5, 5.41) is 21.2. The van der Waals surface area contributed by atoms with E-state index in [4.69, 9.17) is 14.6 Å². The number of carbonyl (C=O) groups is 2. The molecule has 4 aromatic carbocycles. The summed E-state index contributed by atoms with van der Waals surface area (Å²) in [7, 11) is 0. The third-order valence-electron chi connectivity index (χ3n) is 8.75. The van der Waals surface area contributed by atoms with Crippen LogP contribution in [0.1, 0.15) is 60.8 Å². The molecule has 0 bridgehead atoms. The van der Waals surface area contributed by atoms with Crippen molar-refractivity contribution in [2.24, 2.45) is 5.92 Å². The largest absolute Gasteiger partial charge is 0.481 e. The van der Waals surface area contributed by atoms with E-state index in [9.17, 15) is 14.7 Å². The van der Waals surface area contributed by atoms with Crippen LogP contribution >= 0.6 is 0 Å². The van der Waals surface area contributed by atoms with E-state index in [-0.39, 0.29) is 43.5 Å². The van der Waals surface area contributed by atoms with Gasteiger partial charge in [0.15, 0.2) is 6.29 Å². The number of aliphatic hydroxyl groups excluding tert-OH is 1. The number of aliphatic hydroxyl groups is 1. The molecule has 1 aliphatic heterocycles. The average molecular weight is 634 g/mol. The van der Waals surface area contributed by atoms with Crippen LogP contribution in [0.15, 0.2) is 103 Å². The Kier molecular flexibility index (Phi) is 10.1. The van der Waals surface area contributed by atoms with Gasteiger partial charge in [-0.05, 0) is 52.4 Å². The van der Waals surface area contributed by atoms with Gasteiger partial charge in [0.05, 0.1) is 42.7 Å². The predicted molar refractivity (Wildman–Crippen MR) is 178 cm³/mol. The number of aliphatic carboxylic acids is 1. The fourth-order valence-electron chi connectivity index (χ4n) is 6.06. The highest BCUT2D eigenvalue weighted by Gasteiger charge is 2.38. The van der Waals surface area contributed by atoms with Crippen molar-refractivity contribution in [3.63, 3.8) is 0 Å². The highest BCUT2D eigenvalue weighted by atomic mass is 16.7. The summed E-state index contributed by atoms with van der Waals surface area (Å²) in [5.41, 5.74) is 7.77. The smallest absolute Gasteiger partial charge is 0.303 e. The van der Waals surface area contributed by atoms with Gasteiger partial charge in [-0.2, -0.15) is 0 Å². The van der Waals surface area contributed by atoms with E-state index in [0.29, 0.717) is 19.5 Å². The first-order valence-electron chi connectivity index (χ1n) is 16.0. The Morgan fingerprint density at radius 1 is 0.851 bits per heavy atom. The predicted octanol–water partition coefficient (Wildman–Crippen LogP) is 6.56. The van der Waals surface area contributed by atoms with Crippen LogP contribution < -0.4 is 5.32 Å².